The predicted molar refractivity (Wildman–Crippen MR) is 77.5 cm³/mol. The third kappa shape index (κ3) is 3.82. The first-order chi connectivity index (χ1) is 9.40. The fourth-order valence-corrected chi connectivity index (χ4v) is 1.97. The second kappa shape index (κ2) is 7.07. The van der Waals surface area contributed by atoms with Gasteiger partial charge in [-0.3, -0.25) is 14.3 Å². The van der Waals surface area contributed by atoms with E-state index in [0.717, 1.165) is 18.7 Å². The molecule has 6 heteroatoms. The van der Waals surface area contributed by atoms with Crippen molar-refractivity contribution in [2.75, 3.05) is 14.1 Å². The second-order valence-corrected chi connectivity index (χ2v) is 5.03. The van der Waals surface area contributed by atoms with Crippen molar-refractivity contribution in [2.24, 2.45) is 0 Å². The highest BCUT2D eigenvalue weighted by Crippen LogP contribution is 2.12. The minimum absolute atomic E-state index is 0.0736. The van der Waals surface area contributed by atoms with Gasteiger partial charge in [-0.2, -0.15) is 5.10 Å². The van der Waals surface area contributed by atoms with Gasteiger partial charge in [-0.15, -0.1) is 0 Å². The number of carbonyl (C=O) groups is 2. The average Bonchev–Trinajstić information content (AvgIpc) is 2.78. The Bertz CT molecular complexity index is 482. The van der Waals surface area contributed by atoms with E-state index in [0.29, 0.717) is 12.0 Å². The summed E-state index contributed by atoms with van der Waals surface area (Å²) in [7, 11) is 3.31. The van der Waals surface area contributed by atoms with Gasteiger partial charge in [0.25, 0.3) is 5.91 Å². The summed E-state index contributed by atoms with van der Waals surface area (Å²) < 4.78 is 1.79. The molecule has 0 saturated carbocycles. The lowest BCUT2D eigenvalue weighted by atomic mass is 10.1. The molecule has 1 aromatic heterocycles. The lowest BCUT2D eigenvalue weighted by Gasteiger charge is -2.24. The lowest BCUT2D eigenvalue weighted by Crippen LogP contribution is -2.38. The van der Waals surface area contributed by atoms with Crippen LogP contribution in [0.15, 0.2) is 6.20 Å². The molecule has 1 aromatic rings. The van der Waals surface area contributed by atoms with E-state index in [4.69, 9.17) is 0 Å². The number of aryl methyl sites for hydroxylation is 2. The molecule has 0 aliphatic heterocycles. The third-order valence-electron chi connectivity index (χ3n) is 3.37. The van der Waals surface area contributed by atoms with Gasteiger partial charge < -0.3 is 10.2 Å². The Morgan fingerprint density at radius 1 is 1.50 bits per heavy atom. The van der Waals surface area contributed by atoms with Crippen molar-refractivity contribution in [1.29, 1.82) is 0 Å². The van der Waals surface area contributed by atoms with Crippen LogP contribution in [0, 0.1) is 6.92 Å². The van der Waals surface area contributed by atoms with E-state index in [1.54, 1.807) is 29.9 Å². The van der Waals surface area contributed by atoms with Gasteiger partial charge in [0.2, 0.25) is 5.91 Å². The van der Waals surface area contributed by atoms with Crippen molar-refractivity contribution in [3.8, 4) is 0 Å². The smallest absolute Gasteiger partial charge is 0.257 e. The van der Waals surface area contributed by atoms with Crippen LogP contribution in [0.3, 0.4) is 0 Å². The SMILES string of the molecule is CCCn1cc(C(=O)N(C)[C@H](C)CC(=O)NC)c(C)n1. The fourth-order valence-electron chi connectivity index (χ4n) is 1.97. The van der Waals surface area contributed by atoms with Crippen LogP contribution in [0.1, 0.15) is 42.7 Å². The van der Waals surface area contributed by atoms with Crippen LogP contribution in [0.4, 0.5) is 0 Å². The molecule has 0 aliphatic rings. The first-order valence-corrected chi connectivity index (χ1v) is 6.92. The Morgan fingerprint density at radius 3 is 2.70 bits per heavy atom. The van der Waals surface area contributed by atoms with Crippen molar-refractivity contribution in [1.82, 2.24) is 20.0 Å². The van der Waals surface area contributed by atoms with Gasteiger partial charge in [-0.25, -0.2) is 0 Å². The summed E-state index contributed by atoms with van der Waals surface area (Å²) in [5.74, 6) is -0.170. The van der Waals surface area contributed by atoms with Crippen molar-refractivity contribution >= 4 is 11.8 Å². The molecule has 112 valence electrons. The Morgan fingerprint density at radius 2 is 2.15 bits per heavy atom. The normalized spacial score (nSPS) is 12.1. The Balaban J connectivity index is 2.80. The summed E-state index contributed by atoms with van der Waals surface area (Å²) in [5.41, 5.74) is 1.33. The molecule has 0 fully saturated rings. The summed E-state index contributed by atoms with van der Waals surface area (Å²) in [5, 5.41) is 6.90. The van der Waals surface area contributed by atoms with E-state index in [9.17, 15) is 9.59 Å². The molecule has 1 atom stereocenters. The predicted octanol–water partition coefficient (Wildman–Crippen LogP) is 1.20. The van der Waals surface area contributed by atoms with Crippen LogP contribution >= 0.6 is 0 Å². The van der Waals surface area contributed by atoms with Gasteiger partial charge in [-0.1, -0.05) is 6.92 Å². The molecule has 1 N–H and O–H groups in total. The van der Waals surface area contributed by atoms with E-state index < -0.39 is 0 Å². The Hall–Kier alpha value is -1.85. The summed E-state index contributed by atoms with van der Waals surface area (Å²) >= 11 is 0. The molecule has 2 amide bonds. The van der Waals surface area contributed by atoms with Gasteiger partial charge >= 0.3 is 0 Å². The zero-order chi connectivity index (χ0) is 15.3. The maximum absolute atomic E-state index is 12.4. The molecule has 0 saturated heterocycles. The largest absolute Gasteiger partial charge is 0.359 e. The highest BCUT2D eigenvalue weighted by molar-refractivity contribution is 5.95. The minimum atomic E-state index is -0.156. The van der Waals surface area contributed by atoms with Crippen LogP contribution in [0.5, 0.6) is 0 Å². The fraction of sp³-hybridized carbons (Fsp3) is 0.643. The van der Waals surface area contributed by atoms with Crippen LogP contribution in [-0.4, -0.2) is 46.6 Å². The second-order valence-electron chi connectivity index (χ2n) is 5.03. The number of amides is 2. The summed E-state index contributed by atoms with van der Waals surface area (Å²) in [6.45, 7) is 6.55. The highest BCUT2D eigenvalue weighted by Gasteiger charge is 2.22. The van der Waals surface area contributed by atoms with E-state index >= 15 is 0 Å². The van der Waals surface area contributed by atoms with Gasteiger partial charge in [-0.05, 0) is 20.3 Å². The molecule has 6 nitrogen and oxygen atoms in total. The molecule has 0 spiro atoms. The maximum atomic E-state index is 12.4. The molecule has 1 rings (SSSR count). The maximum Gasteiger partial charge on any atom is 0.257 e. The first kappa shape index (κ1) is 16.2. The minimum Gasteiger partial charge on any atom is -0.359 e. The number of nitrogens with one attached hydrogen (secondary N) is 1. The average molecular weight is 280 g/mol. The zero-order valence-corrected chi connectivity index (χ0v) is 12.9. The molecule has 0 aromatic carbocycles. The number of carbonyl (C=O) groups excluding carboxylic acids is 2. The number of rotatable bonds is 6. The van der Waals surface area contributed by atoms with Crippen LogP contribution in [0.25, 0.3) is 0 Å². The van der Waals surface area contributed by atoms with Crippen molar-refractivity contribution in [2.45, 2.75) is 46.2 Å². The summed E-state index contributed by atoms with van der Waals surface area (Å²) in [6.07, 6.45) is 3.04. The molecule has 0 radical (unpaired) electrons. The highest BCUT2D eigenvalue weighted by atomic mass is 16.2. The van der Waals surface area contributed by atoms with Crippen molar-refractivity contribution in [3.05, 3.63) is 17.5 Å². The summed E-state index contributed by atoms with van der Waals surface area (Å²) in [4.78, 5) is 25.4. The molecule has 1 heterocycles. The Kier molecular flexibility index (Phi) is 5.73. The van der Waals surface area contributed by atoms with Crippen molar-refractivity contribution < 1.29 is 9.59 Å². The summed E-state index contributed by atoms with van der Waals surface area (Å²) in [6, 6.07) is -0.156. The zero-order valence-electron chi connectivity index (χ0n) is 12.9. The Labute approximate surface area is 120 Å². The van der Waals surface area contributed by atoms with Gasteiger partial charge in [0.15, 0.2) is 0 Å². The number of nitrogens with zero attached hydrogens (tertiary/aromatic N) is 3. The molecular formula is C14H24N4O2. The van der Waals surface area contributed by atoms with Crippen LogP contribution in [-0.2, 0) is 11.3 Å². The van der Waals surface area contributed by atoms with Gasteiger partial charge in [0.05, 0.1) is 11.3 Å². The molecule has 0 bridgehead atoms. The van der Waals surface area contributed by atoms with Crippen LogP contribution < -0.4 is 5.32 Å². The third-order valence-corrected chi connectivity index (χ3v) is 3.37. The van der Waals surface area contributed by atoms with Gasteiger partial charge in [0, 0.05) is 39.3 Å². The first-order valence-electron chi connectivity index (χ1n) is 6.92. The molecule has 20 heavy (non-hydrogen) atoms. The van der Waals surface area contributed by atoms with E-state index in [1.165, 1.54) is 0 Å². The monoisotopic (exact) mass is 280 g/mol. The van der Waals surface area contributed by atoms with Crippen molar-refractivity contribution in [3.63, 3.8) is 0 Å². The molecular weight excluding hydrogens is 256 g/mol. The number of aromatic nitrogens is 2. The quantitative estimate of drug-likeness (QED) is 0.851. The lowest BCUT2D eigenvalue weighted by molar-refractivity contribution is -0.121. The van der Waals surface area contributed by atoms with Gasteiger partial charge in [0.1, 0.15) is 0 Å². The van der Waals surface area contributed by atoms with E-state index in [-0.39, 0.29) is 17.9 Å². The number of hydrogen-bond acceptors (Lipinski definition) is 3. The van der Waals surface area contributed by atoms with E-state index in [2.05, 4.69) is 17.3 Å². The molecule has 0 unspecified atom stereocenters. The van der Waals surface area contributed by atoms with E-state index in [1.807, 2.05) is 13.8 Å². The topological polar surface area (TPSA) is 67.2 Å². The van der Waals surface area contributed by atoms with Crippen LogP contribution in [0.2, 0.25) is 0 Å². The molecule has 0 aliphatic carbocycles. The number of hydrogen-bond donors (Lipinski definition) is 1. The standard InChI is InChI=1S/C14H24N4O2/c1-6-7-18-9-12(11(3)16-18)14(20)17(5)10(2)8-13(19)15-4/h9-10H,6-8H2,1-5H3,(H,15,19)/t10-/m1/s1.